The summed E-state index contributed by atoms with van der Waals surface area (Å²) in [6, 6.07) is 5.81. The molecule has 0 aromatic heterocycles. The van der Waals surface area contributed by atoms with Crippen LogP contribution in [0, 0.1) is 13.8 Å². The van der Waals surface area contributed by atoms with E-state index in [-0.39, 0.29) is 6.04 Å². The fourth-order valence-corrected chi connectivity index (χ4v) is 5.68. The molecule has 1 aliphatic rings. The number of benzene rings is 1. The SMILES string of the molecule is Cc1ccc(C)c(S(=O)(=O)N(CCBr)C2CCCCC2)c1. The van der Waals surface area contributed by atoms with Crippen molar-refractivity contribution in [2.24, 2.45) is 0 Å². The first-order valence-electron chi connectivity index (χ1n) is 7.62. The largest absolute Gasteiger partial charge is 0.243 e. The topological polar surface area (TPSA) is 37.4 Å². The van der Waals surface area contributed by atoms with Crippen LogP contribution in [0.3, 0.4) is 0 Å². The summed E-state index contributed by atoms with van der Waals surface area (Å²) < 4.78 is 27.9. The molecule has 0 N–H and O–H groups in total. The lowest BCUT2D eigenvalue weighted by Crippen LogP contribution is -2.42. The molecule has 5 heteroatoms. The Labute approximate surface area is 136 Å². The number of hydrogen-bond donors (Lipinski definition) is 0. The van der Waals surface area contributed by atoms with Crippen LogP contribution in [0.15, 0.2) is 23.1 Å². The highest BCUT2D eigenvalue weighted by Crippen LogP contribution is 2.29. The first-order chi connectivity index (χ1) is 9.96. The maximum Gasteiger partial charge on any atom is 0.243 e. The fraction of sp³-hybridized carbons (Fsp3) is 0.625. The molecule has 0 amide bonds. The Hall–Kier alpha value is -0.390. The minimum atomic E-state index is -3.41. The minimum absolute atomic E-state index is 0.154. The highest BCUT2D eigenvalue weighted by Gasteiger charge is 2.32. The summed E-state index contributed by atoms with van der Waals surface area (Å²) in [4.78, 5) is 0.467. The number of sulfonamides is 1. The molecule has 0 aliphatic heterocycles. The molecule has 118 valence electrons. The van der Waals surface area contributed by atoms with Gasteiger partial charge in [-0.1, -0.05) is 47.3 Å². The van der Waals surface area contributed by atoms with Crippen LogP contribution in [0.5, 0.6) is 0 Å². The van der Waals surface area contributed by atoms with Crippen molar-refractivity contribution in [3.63, 3.8) is 0 Å². The van der Waals surface area contributed by atoms with E-state index in [1.54, 1.807) is 10.4 Å². The van der Waals surface area contributed by atoms with E-state index in [9.17, 15) is 8.42 Å². The predicted octanol–water partition coefficient (Wildman–Crippen LogP) is 4.02. The summed E-state index contributed by atoms with van der Waals surface area (Å²) >= 11 is 3.41. The van der Waals surface area contributed by atoms with Gasteiger partial charge in [-0.05, 0) is 43.9 Å². The lowest BCUT2D eigenvalue weighted by molar-refractivity contribution is 0.263. The Kier molecular flexibility index (Phi) is 5.86. The second-order valence-corrected chi connectivity index (χ2v) is 8.52. The summed E-state index contributed by atoms with van der Waals surface area (Å²) in [7, 11) is -3.41. The molecule has 0 spiro atoms. The van der Waals surface area contributed by atoms with Gasteiger partial charge in [0.05, 0.1) is 4.90 Å². The third-order valence-corrected chi connectivity index (χ3v) is 6.67. The molecule has 3 nitrogen and oxygen atoms in total. The molecule has 21 heavy (non-hydrogen) atoms. The van der Waals surface area contributed by atoms with Gasteiger partial charge in [-0.2, -0.15) is 4.31 Å². The van der Waals surface area contributed by atoms with E-state index < -0.39 is 10.0 Å². The Bertz CT molecular complexity index is 580. The van der Waals surface area contributed by atoms with Crippen molar-refractivity contribution in [1.29, 1.82) is 0 Å². The standard InChI is InChI=1S/C16H24BrNO2S/c1-13-8-9-14(2)16(12-13)21(19,20)18(11-10-17)15-6-4-3-5-7-15/h8-9,12,15H,3-7,10-11H2,1-2H3. The third kappa shape index (κ3) is 3.88. The fourth-order valence-electron chi connectivity index (χ4n) is 3.06. The Morgan fingerprint density at radius 2 is 1.86 bits per heavy atom. The Balaban J connectivity index is 2.39. The van der Waals surface area contributed by atoms with E-state index in [0.717, 1.165) is 36.8 Å². The van der Waals surface area contributed by atoms with Crippen LogP contribution in [-0.4, -0.2) is 30.6 Å². The smallest absolute Gasteiger partial charge is 0.207 e. The first-order valence-corrected chi connectivity index (χ1v) is 10.2. The molecule has 0 radical (unpaired) electrons. The van der Waals surface area contributed by atoms with Crippen LogP contribution in [0.25, 0.3) is 0 Å². The highest BCUT2D eigenvalue weighted by atomic mass is 79.9. The normalized spacial score (nSPS) is 17.3. The van der Waals surface area contributed by atoms with E-state index in [4.69, 9.17) is 0 Å². The third-order valence-electron chi connectivity index (χ3n) is 4.22. The van der Waals surface area contributed by atoms with Crippen molar-refractivity contribution in [2.75, 3.05) is 11.9 Å². The minimum Gasteiger partial charge on any atom is -0.207 e. The number of alkyl halides is 1. The van der Waals surface area contributed by atoms with Gasteiger partial charge in [0, 0.05) is 17.9 Å². The summed E-state index contributed by atoms with van der Waals surface area (Å²) in [6.45, 7) is 4.35. The summed E-state index contributed by atoms with van der Waals surface area (Å²) in [6.07, 6.45) is 5.45. The summed E-state index contributed by atoms with van der Waals surface area (Å²) in [5.41, 5.74) is 1.82. The quantitative estimate of drug-likeness (QED) is 0.730. The second kappa shape index (κ2) is 7.25. The maximum absolute atomic E-state index is 13.1. The van der Waals surface area contributed by atoms with E-state index >= 15 is 0 Å². The van der Waals surface area contributed by atoms with Gasteiger partial charge in [-0.3, -0.25) is 0 Å². The predicted molar refractivity (Wildman–Crippen MR) is 90.5 cm³/mol. The molecule has 0 saturated heterocycles. The van der Waals surface area contributed by atoms with Crippen LogP contribution < -0.4 is 0 Å². The molecule has 1 aromatic rings. The van der Waals surface area contributed by atoms with E-state index in [0.29, 0.717) is 16.8 Å². The molecule has 0 unspecified atom stereocenters. The van der Waals surface area contributed by atoms with Gasteiger partial charge in [0.2, 0.25) is 10.0 Å². The van der Waals surface area contributed by atoms with Gasteiger partial charge >= 0.3 is 0 Å². The van der Waals surface area contributed by atoms with Gasteiger partial charge in [0.15, 0.2) is 0 Å². The maximum atomic E-state index is 13.1. The Morgan fingerprint density at radius 1 is 1.19 bits per heavy atom. The van der Waals surface area contributed by atoms with Crippen LogP contribution in [-0.2, 0) is 10.0 Å². The van der Waals surface area contributed by atoms with E-state index in [2.05, 4.69) is 15.9 Å². The Morgan fingerprint density at radius 3 is 2.48 bits per heavy atom. The van der Waals surface area contributed by atoms with Gasteiger partial charge in [0.1, 0.15) is 0 Å². The first kappa shape index (κ1) is 17.0. The molecule has 1 aromatic carbocycles. The van der Waals surface area contributed by atoms with E-state index in [1.165, 1.54) is 6.42 Å². The monoisotopic (exact) mass is 373 g/mol. The average molecular weight is 374 g/mol. The number of halogens is 1. The van der Waals surface area contributed by atoms with Gasteiger partial charge in [-0.15, -0.1) is 0 Å². The molecule has 1 fully saturated rings. The van der Waals surface area contributed by atoms with Gasteiger partial charge in [-0.25, -0.2) is 8.42 Å². The van der Waals surface area contributed by atoms with Crippen LogP contribution in [0.4, 0.5) is 0 Å². The zero-order chi connectivity index (χ0) is 15.5. The number of aryl methyl sites for hydroxylation is 2. The lowest BCUT2D eigenvalue weighted by Gasteiger charge is -2.33. The number of nitrogens with zero attached hydrogens (tertiary/aromatic N) is 1. The summed E-state index contributed by atoms with van der Waals surface area (Å²) in [5.74, 6) is 0. The van der Waals surface area contributed by atoms with Crippen molar-refractivity contribution >= 4 is 26.0 Å². The van der Waals surface area contributed by atoms with Gasteiger partial charge in [0.25, 0.3) is 0 Å². The molecule has 0 heterocycles. The van der Waals surface area contributed by atoms with Crippen LogP contribution >= 0.6 is 15.9 Å². The van der Waals surface area contributed by atoms with Crippen molar-refractivity contribution in [2.45, 2.75) is 56.9 Å². The molecule has 0 bridgehead atoms. The number of hydrogen-bond acceptors (Lipinski definition) is 2. The molecular formula is C16H24BrNO2S. The zero-order valence-corrected chi connectivity index (χ0v) is 15.2. The molecule has 1 saturated carbocycles. The zero-order valence-electron chi connectivity index (χ0n) is 12.8. The van der Waals surface area contributed by atoms with Crippen LogP contribution in [0.2, 0.25) is 0 Å². The molecular weight excluding hydrogens is 350 g/mol. The summed E-state index contributed by atoms with van der Waals surface area (Å²) in [5, 5.41) is 0.674. The average Bonchev–Trinajstić information content (AvgIpc) is 2.48. The van der Waals surface area contributed by atoms with Crippen molar-refractivity contribution in [1.82, 2.24) is 4.31 Å². The van der Waals surface area contributed by atoms with Crippen molar-refractivity contribution < 1.29 is 8.42 Å². The second-order valence-electron chi connectivity index (χ2n) is 5.87. The van der Waals surface area contributed by atoms with E-state index in [1.807, 2.05) is 26.0 Å². The van der Waals surface area contributed by atoms with Gasteiger partial charge < -0.3 is 0 Å². The lowest BCUT2D eigenvalue weighted by atomic mass is 9.95. The van der Waals surface area contributed by atoms with Crippen molar-refractivity contribution in [3.05, 3.63) is 29.3 Å². The van der Waals surface area contributed by atoms with Crippen LogP contribution in [0.1, 0.15) is 43.2 Å². The van der Waals surface area contributed by atoms with Crippen molar-refractivity contribution in [3.8, 4) is 0 Å². The number of rotatable bonds is 5. The molecule has 1 aliphatic carbocycles. The molecule has 0 atom stereocenters. The highest BCUT2D eigenvalue weighted by molar-refractivity contribution is 9.09. The molecule has 2 rings (SSSR count).